The molecule has 2 N–H and O–H groups in total. The molecule has 0 saturated carbocycles. The molecule has 0 spiro atoms. The van der Waals surface area contributed by atoms with Gasteiger partial charge in [-0.05, 0) is 12.1 Å². The van der Waals surface area contributed by atoms with Crippen molar-refractivity contribution in [2.75, 3.05) is 0 Å². The lowest BCUT2D eigenvalue weighted by molar-refractivity contribution is 0.0986. The average Bonchev–Trinajstić information content (AvgIpc) is 2.23. The molecule has 0 atom stereocenters. The van der Waals surface area contributed by atoms with Gasteiger partial charge in [0.2, 0.25) is 5.82 Å². The molecule has 0 aliphatic rings. The van der Waals surface area contributed by atoms with Crippen molar-refractivity contribution < 1.29 is 4.79 Å². The Morgan fingerprint density at radius 2 is 2.07 bits per heavy atom. The van der Waals surface area contributed by atoms with E-state index in [1.54, 1.807) is 24.3 Å². The third kappa shape index (κ3) is 1.38. The highest BCUT2D eigenvalue weighted by Gasteiger charge is 2.11. The van der Waals surface area contributed by atoms with E-state index in [9.17, 15) is 9.59 Å². The minimum absolute atomic E-state index is 0.0290. The van der Waals surface area contributed by atoms with Crippen LogP contribution in [0.3, 0.4) is 0 Å². The lowest BCUT2D eigenvalue weighted by Crippen LogP contribution is -2.28. The summed E-state index contributed by atoms with van der Waals surface area (Å²) in [5.74, 6) is -0.737. The topological polar surface area (TPSA) is 78.0 Å². The lowest BCUT2D eigenvalue weighted by atomic mass is 10.2. The Labute approximate surface area is 85.2 Å². The third-order valence-electron chi connectivity index (χ3n) is 2.20. The van der Waals surface area contributed by atoms with E-state index in [4.69, 9.17) is 5.73 Å². The number of para-hydroxylation sites is 1. The maximum absolute atomic E-state index is 11.8. The molecule has 0 bridgehead atoms. The van der Waals surface area contributed by atoms with Crippen molar-refractivity contribution in [3.63, 3.8) is 0 Å². The fraction of sp³-hybridized carbons (Fsp3) is 0.100. The van der Waals surface area contributed by atoms with Crippen LogP contribution in [0.5, 0.6) is 0 Å². The van der Waals surface area contributed by atoms with E-state index in [0.29, 0.717) is 10.9 Å². The molecule has 2 rings (SSSR count). The van der Waals surface area contributed by atoms with Gasteiger partial charge in [0.05, 0.1) is 10.9 Å². The van der Waals surface area contributed by atoms with Gasteiger partial charge in [0.25, 0.3) is 11.5 Å². The number of fused-ring (bicyclic) bond motifs is 1. The van der Waals surface area contributed by atoms with Crippen LogP contribution in [0.2, 0.25) is 0 Å². The predicted molar refractivity (Wildman–Crippen MR) is 55.5 cm³/mol. The van der Waals surface area contributed by atoms with Gasteiger partial charge in [-0.2, -0.15) is 0 Å². The number of aromatic nitrogens is 2. The first-order valence-electron chi connectivity index (χ1n) is 4.37. The Bertz CT molecular complexity index is 601. The van der Waals surface area contributed by atoms with Gasteiger partial charge in [-0.3, -0.25) is 14.2 Å². The van der Waals surface area contributed by atoms with Crippen molar-refractivity contribution >= 4 is 16.8 Å². The molecule has 0 saturated heterocycles. The molecule has 76 valence electrons. The summed E-state index contributed by atoms with van der Waals surface area (Å²) >= 11 is 0. The molecule has 1 heterocycles. The van der Waals surface area contributed by atoms with Crippen LogP contribution in [0.4, 0.5) is 0 Å². The summed E-state index contributed by atoms with van der Waals surface area (Å²) in [5, 5.41) is 0.477. The molecule has 2 aromatic rings. The number of benzene rings is 1. The summed E-state index contributed by atoms with van der Waals surface area (Å²) in [5.41, 5.74) is 5.33. The number of amides is 1. The number of nitrogens with two attached hydrogens (primary N) is 1. The number of hydrogen-bond donors (Lipinski definition) is 1. The second kappa shape index (κ2) is 3.20. The summed E-state index contributed by atoms with van der Waals surface area (Å²) < 4.78 is 1.16. The maximum Gasteiger partial charge on any atom is 0.284 e. The van der Waals surface area contributed by atoms with E-state index in [0.717, 1.165) is 4.57 Å². The molecule has 5 heteroatoms. The molecule has 0 unspecified atom stereocenters. The largest absolute Gasteiger partial charge is 0.363 e. The van der Waals surface area contributed by atoms with Gasteiger partial charge in [-0.15, -0.1) is 0 Å². The average molecular weight is 203 g/mol. The van der Waals surface area contributed by atoms with Crippen molar-refractivity contribution in [2.45, 2.75) is 0 Å². The zero-order valence-corrected chi connectivity index (χ0v) is 8.10. The van der Waals surface area contributed by atoms with E-state index in [1.165, 1.54) is 7.05 Å². The van der Waals surface area contributed by atoms with Gasteiger partial charge in [0.1, 0.15) is 0 Å². The molecule has 1 aromatic carbocycles. The number of carbonyl (C=O) groups is 1. The second-order valence-corrected chi connectivity index (χ2v) is 3.18. The molecule has 0 radical (unpaired) electrons. The first kappa shape index (κ1) is 9.39. The van der Waals surface area contributed by atoms with Crippen molar-refractivity contribution in [3.05, 3.63) is 40.4 Å². The van der Waals surface area contributed by atoms with Gasteiger partial charge >= 0.3 is 0 Å². The molecule has 15 heavy (non-hydrogen) atoms. The molecule has 0 aliphatic heterocycles. The van der Waals surface area contributed by atoms with Crippen LogP contribution in [-0.4, -0.2) is 15.5 Å². The summed E-state index contributed by atoms with van der Waals surface area (Å²) in [7, 11) is 1.47. The minimum Gasteiger partial charge on any atom is -0.363 e. The van der Waals surface area contributed by atoms with Crippen molar-refractivity contribution in [3.8, 4) is 0 Å². The Morgan fingerprint density at radius 3 is 2.73 bits per heavy atom. The van der Waals surface area contributed by atoms with Crippen LogP contribution in [0, 0.1) is 0 Å². The van der Waals surface area contributed by atoms with Crippen molar-refractivity contribution in [1.82, 2.24) is 9.55 Å². The van der Waals surface area contributed by atoms with E-state index in [-0.39, 0.29) is 11.4 Å². The van der Waals surface area contributed by atoms with Gasteiger partial charge < -0.3 is 5.73 Å². The van der Waals surface area contributed by atoms with Crippen LogP contribution in [0.1, 0.15) is 10.6 Å². The van der Waals surface area contributed by atoms with Crippen molar-refractivity contribution in [2.24, 2.45) is 12.8 Å². The standard InChI is InChI=1S/C10H9N3O2/c1-13-9(8(11)14)12-7-5-3-2-4-6(7)10(13)15/h2-5H,1H3,(H2,11,14). The summed E-state index contributed by atoms with van der Waals surface area (Å²) in [6.07, 6.45) is 0. The Hall–Kier alpha value is -2.17. The molecule has 0 aliphatic carbocycles. The summed E-state index contributed by atoms with van der Waals surface area (Å²) in [6.45, 7) is 0. The van der Waals surface area contributed by atoms with Gasteiger partial charge in [0.15, 0.2) is 0 Å². The Balaban J connectivity index is 2.95. The monoisotopic (exact) mass is 203 g/mol. The Morgan fingerprint density at radius 1 is 1.40 bits per heavy atom. The molecule has 1 amide bonds. The quantitative estimate of drug-likeness (QED) is 0.710. The SMILES string of the molecule is Cn1c(C(N)=O)nc2ccccc2c1=O. The Kier molecular flexibility index (Phi) is 2.00. The second-order valence-electron chi connectivity index (χ2n) is 3.18. The summed E-state index contributed by atoms with van der Waals surface area (Å²) in [6, 6.07) is 6.83. The van der Waals surface area contributed by atoms with Crippen LogP contribution >= 0.6 is 0 Å². The van der Waals surface area contributed by atoms with Crippen LogP contribution in [-0.2, 0) is 7.05 Å². The van der Waals surface area contributed by atoms with Gasteiger partial charge in [0, 0.05) is 7.05 Å². The van der Waals surface area contributed by atoms with Gasteiger partial charge in [-0.25, -0.2) is 4.98 Å². The van der Waals surface area contributed by atoms with Gasteiger partial charge in [-0.1, -0.05) is 12.1 Å². The highest BCUT2D eigenvalue weighted by molar-refractivity contribution is 5.91. The summed E-state index contributed by atoms with van der Waals surface area (Å²) in [4.78, 5) is 26.8. The number of rotatable bonds is 1. The zero-order chi connectivity index (χ0) is 11.0. The van der Waals surface area contributed by atoms with E-state index in [1.807, 2.05) is 0 Å². The maximum atomic E-state index is 11.8. The fourth-order valence-corrected chi connectivity index (χ4v) is 1.44. The first-order chi connectivity index (χ1) is 7.11. The number of hydrogen-bond acceptors (Lipinski definition) is 3. The third-order valence-corrected chi connectivity index (χ3v) is 2.20. The smallest absolute Gasteiger partial charge is 0.284 e. The first-order valence-corrected chi connectivity index (χ1v) is 4.37. The van der Waals surface area contributed by atoms with Crippen LogP contribution in [0.25, 0.3) is 10.9 Å². The van der Waals surface area contributed by atoms with E-state index in [2.05, 4.69) is 4.98 Å². The molecular weight excluding hydrogens is 194 g/mol. The number of nitrogens with zero attached hydrogens (tertiary/aromatic N) is 2. The number of carbonyl (C=O) groups excluding carboxylic acids is 1. The minimum atomic E-state index is -0.708. The van der Waals surface area contributed by atoms with Crippen molar-refractivity contribution in [1.29, 1.82) is 0 Å². The van der Waals surface area contributed by atoms with E-state index < -0.39 is 5.91 Å². The predicted octanol–water partition coefficient (Wildman–Crippen LogP) is 0.0324. The lowest BCUT2D eigenvalue weighted by Gasteiger charge is -2.05. The normalized spacial score (nSPS) is 10.5. The molecule has 0 fully saturated rings. The highest BCUT2D eigenvalue weighted by atomic mass is 16.2. The zero-order valence-electron chi connectivity index (χ0n) is 8.10. The van der Waals surface area contributed by atoms with E-state index >= 15 is 0 Å². The van der Waals surface area contributed by atoms with Crippen LogP contribution < -0.4 is 11.3 Å². The van der Waals surface area contributed by atoms with Crippen LogP contribution in [0.15, 0.2) is 29.1 Å². The molecule has 5 nitrogen and oxygen atoms in total. The molecular formula is C10H9N3O2. The number of primary amides is 1. The molecule has 1 aromatic heterocycles. The fourth-order valence-electron chi connectivity index (χ4n) is 1.44. The highest BCUT2D eigenvalue weighted by Crippen LogP contribution is 2.06.